The summed E-state index contributed by atoms with van der Waals surface area (Å²) in [5, 5.41) is 0. The zero-order valence-corrected chi connectivity index (χ0v) is 12.5. The summed E-state index contributed by atoms with van der Waals surface area (Å²) in [6, 6.07) is 10.0. The molecule has 0 amide bonds. The summed E-state index contributed by atoms with van der Waals surface area (Å²) in [5.41, 5.74) is 6.82. The third-order valence-corrected chi connectivity index (χ3v) is 4.91. The van der Waals surface area contributed by atoms with Gasteiger partial charge < -0.3 is 5.73 Å². The summed E-state index contributed by atoms with van der Waals surface area (Å²) in [4.78, 5) is 4.39. The standard InChI is InChI=1S/C13H13BrN2O2S/c14-11-3-5-12(6-4-11)19(17,18)9-10-2-1-7-16-13(10)8-15/h1-7H,8-9,15H2. The molecule has 2 rings (SSSR count). The molecule has 1 heterocycles. The van der Waals surface area contributed by atoms with Crippen LogP contribution in [0, 0.1) is 0 Å². The molecule has 0 radical (unpaired) electrons. The van der Waals surface area contributed by atoms with E-state index in [4.69, 9.17) is 5.73 Å². The SMILES string of the molecule is NCc1ncccc1CS(=O)(=O)c1ccc(Br)cc1. The average molecular weight is 341 g/mol. The van der Waals surface area contributed by atoms with Crippen molar-refractivity contribution in [2.75, 3.05) is 0 Å². The second-order valence-corrected chi connectivity index (χ2v) is 6.93. The van der Waals surface area contributed by atoms with Crippen molar-refractivity contribution in [3.8, 4) is 0 Å². The van der Waals surface area contributed by atoms with Crippen LogP contribution in [0.1, 0.15) is 11.3 Å². The maximum Gasteiger partial charge on any atom is 0.182 e. The van der Waals surface area contributed by atoms with Gasteiger partial charge in [0.15, 0.2) is 9.84 Å². The first kappa shape index (κ1) is 14.2. The maximum absolute atomic E-state index is 12.3. The van der Waals surface area contributed by atoms with Gasteiger partial charge in [0.05, 0.1) is 16.3 Å². The minimum absolute atomic E-state index is 0.0883. The molecule has 0 aliphatic heterocycles. The number of nitrogens with zero attached hydrogens (tertiary/aromatic N) is 1. The third-order valence-electron chi connectivity index (χ3n) is 2.70. The Labute approximate surface area is 120 Å². The Hall–Kier alpha value is -1.24. The second-order valence-electron chi connectivity index (χ2n) is 4.03. The van der Waals surface area contributed by atoms with E-state index in [0.717, 1.165) is 4.47 Å². The van der Waals surface area contributed by atoms with Gasteiger partial charge in [-0.25, -0.2) is 8.42 Å². The van der Waals surface area contributed by atoms with Gasteiger partial charge in [-0.2, -0.15) is 0 Å². The van der Waals surface area contributed by atoms with Crippen LogP contribution in [0.5, 0.6) is 0 Å². The molecule has 2 N–H and O–H groups in total. The van der Waals surface area contributed by atoms with E-state index in [9.17, 15) is 8.42 Å². The number of hydrogen-bond donors (Lipinski definition) is 1. The molecule has 1 aromatic carbocycles. The molecule has 0 bridgehead atoms. The van der Waals surface area contributed by atoms with Crippen LogP contribution < -0.4 is 5.73 Å². The zero-order chi connectivity index (χ0) is 13.9. The lowest BCUT2D eigenvalue weighted by Gasteiger charge is -2.08. The fraction of sp³-hybridized carbons (Fsp3) is 0.154. The van der Waals surface area contributed by atoms with Crippen molar-refractivity contribution in [2.24, 2.45) is 5.73 Å². The van der Waals surface area contributed by atoms with Gasteiger partial charge in [0, 0.05) is 17.2 Å². The summed E-state index contributed by atoms with van der Waals surface area (Å²) in [5.74, 6) is -0.0883. The van der Waals surface area contributed by atoms with Crippen LogP contribution in [0.25, 0.3) is 0 Å². The fourth-order valence-corrected chi connectivity index (χ4v) is 3.37. The Morgan fingerprint density at radius 2 is 1.84 bits per heavy atom. The number of nitrogens with two attached hydrogens (primary N) is 1. The van der Waals surface area contributed by atoms with Crippen molar-refractivity contribution in [1.29, 1.82) is 0 Å². The van der Waals surface area contributed by atoms with Crippen molar-refractivity contribution >= 4 is 25.8 Å². The maximum atomic E-state index is 12.3. The Balaban J connectivity index is 2.34. The number of aromatic nitrogens is 1. The molecule has 2 aromatic rings. The highest BCUT2D eigenvalue weighted by Gasteiger charge is 2.17. The van der Waals surface area contributed by atoms with E-state index in [0.29, 0.717) is 16.2 Å². The van der Waals surface area contributed by atoms with Gasteiger partial charge >= 0.3 is 0 Å². The summed E-state index contributed by atoms with van der Waals surface area (Å²) < 4.78 is 25.4. The molecular formula is C13H13BrN2O2S. The topological polar surface area (TPSA) is 73.0 Å². The van der Waals surface area contributed by atoms with Crippen molar-refractivity contribution in [1.82, 2.24) is 4.98 Å². The van der Waals surface area contributed by atoms with E-state index in [2.05, 4.69) is 20.9 Å². The molecule has 1 aromatic heterocycles. The van der Waals surface area contributed by atoms with Crippen LogP contribution in [0.3, 0.4) is 0 Å². The van der Waals surface area contributed by atoms with Crippen molar-refractivity contribution in [2.45, 2.75) is 17.2 Å². The first-order chi connectivity index (χ1) is 9.03. The normalized spacial score (nSPS) is 11.5. The molecule has 4 nitrogen and oxygen atoms in total. The monoisotopic (exact) mass is 340 g/mol. The van der Waals surface area contributed by atoms with Crippen LogP contribution in [-0.2, 0) is 22.1 Å². The molecule has 19 heavy (non-hydrogen) atoms. The minimum atomic E-state index is -3.38. The van der Waals surface area contributed by atoms with E-state index in [-0.39, 0.29) is 12.3 Å². The molecule has 0 fully saturated rings. The second kappa shape index (κ2) is 5.81. The quantitative estimate of drug-likeness (QED) is 0.926. The summed E-state index contributed by atoms with van der Waals surface area (Å²) in [7, 11) is -3.38. The van der Waals surface area contributed by atoms with Gasteiger partial charge in [-0.05, 0) is 35.9 Å². The molecule has 0 aliphatic rings. The molecule has 0 saturated heterocycles. The number of benzene rings is 1. The largest absolute Gasteiger partial charge is 0.325 e. The van der Waals surface area contributed by atoms with Crippen LogP contribution >= 0.6 is 15.9 Å². The fourth-order valence-electron chi connectivity index (χ4n) is 1.72. The number of halogens is 1. The zero-order valence-electron chi connectivity index (χ0n) is 10.1. The van der Waals surface area contributed by atoms with Gasteiger partial charge in [-0.1, -0.05) is 22.0 Å². The highest BCUT2D eigenvalue weighted by molar-refractivity contribution is 9.10. The molecule has 6 heteroatoms. The van der Waals surface area contributed by atoms with E-state index in [1.807, 2.05) is 0 Å². The third kappa shape index (κ3) is 3.40. The van der Waals surface area contributed by atoms with E-state index < -0.39 is 9.84 Å². The Kier molecular flexibility index (Phi) is 4.34. The van der Waals surface area contributed by atoms with Gasteiger partial charge in [0.25, 0.3) is 0 Å². The van der Waals surface area contributed by atoms with Crippen molar-refractivity contribution < 1.29 is 8.42 Å². The number of rotatable bonds is 4. The van der Waals surface area contributed by atoms with Gasteiger partial charge in [0.1, 0.15) is 0 Å². The Morgan fingerprint density at radius 3 is 2.47 bits per heavy atom. The van der Waals surface area contributed by atoms with Gasteiger partial charge in [-0.3, -0.25) is 4.98 Å². The number of sulfone groups is 1. The molecule has 100 valence electrons. The molecular weight excluding hydrogens is 328 g/mol. The minimum Gasteiger partial charge on any atom is -0.325 e. The summed E-state index contributed by atoms with van der Waals surface area (Å²) >= 11 is 3.28. The van der Waals surface area contributed by atoms with Crippen LogP contribution in [0.15, 0.2) is 52.0 Å². The van der Waals surface area contributed by atoms with Gasteiger partial charge in [0.2, 0.25) is 0 Å². The molecule has 0 atom stereocenters. The predicted octanol–water partition coefficient (Wildman–Crippen LogP) is 2.28. The van der Waals surface area contributed by atoms with Crippen LogP contribution in [-0.4, -0.2) is 13.4 Å². The van der Waals surface area contributed by atoms with E-state index in [1.165, 1.54) is 0 Å². The average Bonchev–Trinajstić information content (AvgIpc) is 2.39. The highest BCUT2D eigenvalue weighted by atomic mass is 79.9. The number of hydrogen-bond acceptors (Lipinski definition) is 4. The van der Waals surface area contributed by atoms with Crippen LogP contribution in [0.2, 0.25) is 0 Å². The summed E-state index contributed by atoms with van der Waals surface area (Å²) in [6.07, 6.45) is 1.61. The van der Waals surface area contributed by atoms with Crippen LogP contribution in [0.4, 0.5) is 0 Å². The number of pyridine rings is 1. The first-order valence-corrected chi connectivity index (χ1v) is 8.08. The lowest BCUT2D eigenvalue weighted by atomic mass is 10.2. The first-order valence-electron chi connectivity index (χ1n) is 5.64. The highest BCUT2D eigenvalue weighted by Crippen LogP contribution is 2.20. The van der Waals surface area contributed by atoms with E-state index >= 15 is 0 Å². The molecule has 0 saturated carbocycles. The summed E-state index contributed by atoms with van der Waals surface area (Å²) in [6.45, 7) is 0.228. The smallest absolute Gasteiger partial charge is 0.182 e. The Morgan fingerprint density at radius 1 is 1.16 bits per heavy atom. The molecule has 0 unspecified atom stereocenters. The van der Waals surface area contributed by atoms with E-state index in [1.54, 1.807) is 42.6 Å². The molecule has 0 aliphatic carbocycles. The van der Waals surface area contributed by atoms with Crippen molar-refractivity contribution in [3.63, 3.8) is 0 Å². The predicted molar refractivity (Wildman–Crippen MR) is 77.2 cm³/mol. The van der Waals surface area contributed by atoms with Crippen molar-refractivity contribution in [3.05, 3.63) is 58.3 Å². The Bertz CT molecular complexity index is 669. The lowest BCUT2D eigenvalue weighted by Crippen LogP contribution is -2.10. The molecule has 0 spiro atoms. The lowest BCUT2D eigenvalue weighted by molar-refractivity contribution is 0.595. The van der Waals surface area contributed by atoms with Gasteiger partial charge in [-0.15, -0.1) is 0 Å².